The summed E-state index contributed by atoms with van der Waals surface area (Å²) >= 11 is 0.187. The van der Waals surface area contributed by atoms with Crippen LogP contribution in [0.5, 0.6) is 0 Å². The van der Waals surface area contributed by atoms with E-state index in [9.17, 15) is 3.89 Å². The first-order valence-electron chi connectivity index (χ1n) is 5.88. The molecule has 2 rings (SSSR count). The third-order valence-corrected chi connectivity index (χ3v) is 3.55. The van der Waals surface area contributed by atoms with E-state index in [1.165, 1.54) is 10.3 Å². The summed E-state index contributed by atoms with van der Waals surface area (Å²) in [4.78, 5) is 4.25. The molecule has 18 heavy (non-hydrogen) atoms. The van der Waals surface area contributed by atoms with Gasteiger partial charge in [-0.05, 0) is 24.1 Å². The zero-order valence-electron chi connectivity index (χ0n) is 10.4. The molecule has 1 atom stereocenters. The minimum atomic E-state index is 0.0892. The lowest BCUT2D eigenvalue weighted by Crippen LogP contribution is -2.04. The monoisotopic (exact) mass is 265 g/mol. The van der Waals surface area contributed by atoms with Crippen LogP contribution in [0.3, 0.4) is 0 Å². The molecule has 1 aromatic carbocycles. The Labute approximate surface area is 111 Å². The van der Waals surface area contributed by atoms with Crippen LogP contribution >= 0.6 is 12.3 Å². The van der Waals surface area contributed by atoms with Gasteiger partial charge in [-0.15, -0.1) is 3.89 Å². The van der Waals surface area contributed by atoms with Gasteiger partial charge in [-0.1, -0.05) is 26.0 Å². The van der Waals surface area contributed by atoms with E-state index in [0.29, 0.717) is 0 Å². The number of hydrogen-bond acceptors (Lipinski definition) is 3. The average Bonchev–Trinajstić information content (AvgIpc) is 2.81. The lowest BCUT2D eigenvalue weighted by molar-refractivity contribution is 0.824. The number of aryl methyl sites for hydroxylation is 1. The van der Waals surface area contributed by atoms with Crippen molar-refractivity contribution in [2.45, 2.75) is 26.2 Å². The highest BCUT2D eigenvalue weighted by Crippen LogP contribution is 2.30. The molecule has 96 valence electrons. The van der Waals surface area contributed by atoms with Gasteiger partial charge in [0.1, 0.15) is 6.33 Å². The van der Waals surface area contributed by atoms with E-state index in [0.717, 1.165) is 29.1 Å². The van der Waals surface area contributed by atoms with Crippen LogP contribution in [-0.4, -0.2) is 8.96 Å². The second kappa shape index (κ2) is 5.44. The number of nitrogens with zero attached hydrogens (tertiary/aromatic N) is 2. The van der Waals surface area contributed by atoms with Crippen molar-refractivity contribution >= 4 is 18.0 Å². The zero-order valence-corrected chi connectivity index (χ0v) is 11.2. The number of aromatic nitrogens is 2. The van der Waals surface area contributed by atoms with Crippen LogP contribution in [0.25, 0.3) is 0 Å². The van der Waals surface area contributed by atoms with E-state index in [4.69, 9.17) is 5.73 Å². The molecule has 0 spiro atoms. The van der Waals surface area contributed by atoms with Gasteiger partial charge in [0, 0.05) is 11.6 Å². The quantitative estimate of drug-likeness (QED) is 0.860. The van der Waals surface area contributed by atoms with Crippen molar-refractivity contribution in [3.63, 3.8) is 0 Å². The lowest BCUT2D eigenvalue weighted by Gasteiger charge is -2.14. The fourth-order valence-electron chi connectivity index (χ4n) is 2.09. The first-order chi connectivity index (χ1) is 8.67. The molecule has 5 heteroatoms. The van der Waals surface area contributed by atoms with Crippen molar-refractivity contribution in [3.8, 4) is 0 Å². The van der Waals surface area contributed by atoms with Gasteiger partial charge in [0.15, 0.2) is 12.3 Å². The summed E-state index contributed by atoms with van der Waals surface area (Å²) in [5, 5.41) is 0. The molecular weight excluding hydrogens is 249 g/mol. The predicted octanol–water partition coefficient (Wildman–Crippen LogP) is 3.56. The normalized spacial score (nSPS) is 12.6. The lowest BCUT2D eigenvalue weighted by atomic mass is 9.96. The first kappa shape index (κ1) is 13.0. The number of hydrogen-bond donors (Lipinski definition) is 1. The Morgan fingerprint density at radius 1 is 1.39 bits per heavy atom. The molecular formula is C13H16FN3S. The molecule has 0 saturated heterocycles. The van der Waals surface area contributed by atoms with Gasteiger partial charge in [0.05, 0.1) is 11.4 Å². The standard InChI is InChI=1S/C13H16FN3S/c1-3-12-13(17(18-14)8-16-12)9(2)10-4-6-11(15)7-5-10/h4-9H,3,15H2,1-2H3. The summed E-state index contributed by atoms with van der Waals surface area (Å²) in [7, 11) is 0. The molecule has 0 saturated carbocycles. The van der Waals surface area contributed by atoms with Crippen molar-refractivity contribution in [2.24, 2.45) is 0 Å². The topological polar surface area (TPSA) is 43.8 Å². The van der Waals surface area contributed by atoms with Gasteiger partial charge in [-0.2, -0.15) is 0 Å². The Morgan fingerprint density at radius 2 is 2.06 bits per heavy atom. The average molecular weight is 265 g/mol. The number of benzene rings is 1. The molecule has 2 aromatic rings. The van der Waals surface area contributed by atoms with E-state index in [-0.39, 0.29) is 18.3 Å². The second-order valence-electron chi connectivity index (χ2n) is 4.21. The van der Waals surface area contributed by atoms with Crippen molar-refractivity contribution in [1.82, 2.24) is 8.96 Å². The minimum absolute atomic E-state index is 0.0892. The summed E-state index contributed by atoms with van der Waals surface area (Å²) in [5.74, 6) is 0.0892. The van der Waals surface area contributed by atoms with Gasteiger partial charge in [0.2, 0.25) is 0 Å². The Morgan fingerprint density at radius 3 is 2.61 bits per heavy atom. The van der Waals surface area contributed by atoms with Gasteiger partial charge in [0.25, 0.3) is 0 Å². The molecule has 0 aliphatic heterocycles. The highest BCUT2D eigenvalue weighted by molar-refractivity contribution is 7.92. The maximum atomic E-state index is 12.9. The van der Waals surface area contributed by atoms with E-state index >= 15 is 0 Å². The first-order valence-corrected chi connectivity index (χ1v) is 6.55. The molecule has 1 unspecified atom stereocenters. The molecule has 0 bridgehead atoms. The number of imidazole rings is 1. The predicted molar refractivity (Wildman–Crippen MR) is 74.1 cm³/mol. The molecule has 0 aliphatic carbocycles. The third kappa shape index (κ3) is 2.36. The fraction of sp³-hybridized carbons (Fsp3) is 0.308. The molecule has 0 fully saturated rings. The summed E-state index contributed by atoms with van der Waals surface area (Å²) in [6.45, 7) is 4.07. The zero-order chi connectivity index (χ0) is 13.1. The van der Waals surface area contributed by atoms with Crippen molar-refractivity contribution < 1.29 is 3.89 Å². The maximum absolute atomic E-state index is 12.9. The molecule has 0 radical (unpaired) electrons. The Kier molecular flexibility index (Phi) is 3.91. The number of nitrogens with two attached hydrogens (primary N) is 1. The summed E-state index contributed by atoms with van der Waals surface area (Å²) in [5.41, 5.74) is 9.36. The molecule has 3 nitrogen and oxygen atoms in total. The number of halogens is 1. The Hall–Kier alpha value is -1.49. The van der Waals surface area contributed by atoms with Crippen molar-refractivity contribution in [1.29, 1.82) is 0 Å². The van der Waals surface area contributed by atoms with Crippen molar-refractivity contribution in [2.75, 3.05) is 5.73 Å². The summed E-state index contributed by atoms with van der Waals surface area (Å²) in [6.07, 6.45) is 2.33. The second-order valence-corrected chi connectivity index (χ2v) is 4.74. The third-order valence-electron chi connectivity index (χ3n) is 3.11. The minimum Gasteiger partial charge on any atom is -0.399 e. The molecule has 0 amide bonds. The van der Waals surface area contributed by atoms with Crippen LogP contribution in [0.1, 0.15) is 36.7 Å². The van der Waals surface area contributed by atoms with Crippen LogP contribution in [0, 0.1) is 0 Å². The van der Waals surface area contributed by atoms with Crippen LogP contribution < -0.4 is 5.73 Å². The molecule has 0 aliphatic rings. The maximum Gasteiger partial charge on any atom is 0.170 e. The molecule has 1 heterocycles. The summed E-state index contributed by atoms with van der Waals surface area (Å²) < 4.78 is 14.4. The highest BCUT2D eigenvalue weighted by atomic mass is 32.2. The Balaban J connectivity index is 2.41. The largest absolute Gasteiger partial charge is 0.399 e. The van der Waals surface area contributed by atoms with Crippen molar-refractivity contribution in [3.05, 3.63) is 47.5 Å². The summed E-state index contributed by atoms with van der Waals surface area (Å²) in [6, 6.07) is 7.67. The van der Waals surface area contributed by atoms with Crippen LogP contribution in [0.2, 0.25) is 0 Å². The Bertz CT molecular complexity index is 500. The van der Waals surface area contributed by atoms with Gasteiger partial charge >= 0.3 is 0 Å². The SMILES string of the molecule is CCc1ncn(SF)c1C(C)c1ccc(N)cc1. The molecule has 2 N–H and O–H groups in total. The van der Waals surface area contributed by atoms with Crippen LogP contribution in [0.4, 0.5) is 9.57 Å². The van der Waals surface area contributed by atoms with Gasteiger partial charge in [-0.25, -0.2) is 8.96 Å². The van der Waals surface area contributed by atoms with E-state index < -0.39 is 0 Å². The number of rotatable bonds is 4. The number of anilines is 1. The van der Waals surface area contributed by atoms with Gasteiger partial charge < -0.3 is 5.73 Å². The number of nitrogen functional groups attached to an aromatic ring is 1. The van der Waals surface area contributed by atoms with E-state index in [1.54, 1.807) is 0 Å². The smallest absolute Gasteiger partial charge is 0.170 e. The van der Waals surface area contributed by atoms with Gasteiger partial charge in [-0.3, -0.25) is 0 Å². The van der Waals surface area contributed by atoms with E-state index in [2.05, 4.69) is 11.9 Å². The van der Waals surface area contributed by atoms with Crippen LogP contribution in [-0.2, 0) is 6.42 Å². The molecule has 1 aromatic heterocycles. The van der Waals surface area contributed by atoms with E-state index in [1.807, 2.05) is 31.2 Å². The fourth-order valence-corrected chi connectivity index (χ4v) is 2.51. The highest BCUT2D eigenvalue weighted by Gasteiger charge is 2.18. The van der Waals surface area contributed by atoms with Crippen LogP contribution in [0.15, 0.2) is 30.6 Å².